The number of nitrogens with two attached hydrogens (primary N) is 2. The maximum Gasteiger partial charge on any atom is 0.220 e. The van der Waals surface area contributed by atoms with Gasteiger partial charge in [-0.2, -0.15) is 0 Å². The second kappa shape index (κ2) is 27.9. The van der Waals surface area contributed by atoms with Crippen molar-refractivity contribution in [3.63, 3.8) is 0 Å². The lowest BCUT2D eigenvalue weighted by Crippen LogP contribution is -2.31. The van der Waals surface area contributed by atoms with Gasteiger partial charge in [0.05, 0.1) is 0 Å². The van der Waals surface area contributed by atoms with E-state index in [0.717, 1.165) is 117 Å². The average molecular weight is 487 g/mol. The van der Waals surface area contributed by atoms with Crippen LogP contribution in [0.4, 0.5) is 0 Å². The molecule has 0 heterocycles. The minimum Gasteiger partial charge on any atom is -0.356 e. The summed E-state index contributed by atoms with van der Waals surface area (Å²) < 4.78 is 0. The highest BCUT2D eigenvalue weighted by molar-refractivity contribution is 5.83. The first-order valence-corrected chi connectivity index (χ1v) is 13.5. The molecule has 0 aromatic rings. The second-order valence-electron chi connectivity index (χ2n) is 8.61. The Morgan fingerprint density at radius 1 is 0.412 bits per heavy atom. The lowest BCUT2D eigenvalue weighted by Gasteiger charge is -2.08. The van der Waals surface area contributed by atoms with Gasteiger partial charge in [-0.1, -0.05) is 0 Å². The highest BCUT2D eigenvalue weighted by Gasteiger charge is 2.06. The monoisotopic (exact) mass is 486 g/mol. The van der Waals surface area contributed by atoms with Gasteiger partial charge in [0.25, 0.3) is 0 Å². The van der Waals surface area contributed by atoms with Gasteiger partial charge in [0, 0.05) is 25.9 Å². The van der Waals surface area contributed by atoms with Crippen LogP contribution in [0.5, 0.6) is 0 Å². The lowest BCUT2D eigenvalue weighted by atomic mass is 10.2. The fraction of sp³-hybridized carbons (Fsp3) is 0.917. The topological polar surface area (TPSA) is 158 Å². The molecule has 2 amide bonds. The first kappa shape index (κ1) is 32.7. The molecule has 10 N–H and O–H groups in total. The van der Waals surface area contributed by atoms with E-state index in [9.17, 15) is 9.59 Å². The molecular formula is C24H54N8O2. The van der Waals surface area contributed by atoms with Crippen molar-refractivity contribution in [1.29, 1.82) is 0 Å². The molecule has 202 valence electrons. The van der Waals surface area contributed by atoms with Gasteiger partial charge in [-0.05, 0) is 117 Å². The molecule has 0 aromatic carbocycles. The van der Waals surface area contributed by atoms with Gasteiger partial charge in [-0.15, -0.1) is 0 Å². The highest BCUT2D eigenvalue weighted by Crippen LogP contribution is 1.91. The Balaban J connectivity index is 3.29. The van der Waals surface area contributed by atoms with Crippen molar-refractivity contribution < 1.29 is 9.59 Å². The molecule has 0 fully saturated rings. The zero-order chi connectivity index (χ0) is 25.0. The summed E-state index contributed by atoms with van der Waals surface area (Å²) >= 11 is 0. The summed E-state index contributed by atoms with van der Waals surface area (Å²) in [4.78, 5) is 23.7. The van der Waals surface area contributed by atoms with Gasteiger partial charge in [0.2, 0.25) is 11.8 Å². The third-order valence-corrected chi connectivity index (χ3v) is 5.31. The van der Waals surface area contributed by atoms with Crippen molar-refractivity contribution in [3.8, 4) is 0 Å². The van der Waals surface area contributed by atoms with Crippen LogP contribution in [0, 0.1) is 0 Å². The van der Waals surface area contributed by atoms with Gasteiger partial charge in [-0.3, -0.25) is 9.59 Å². The van der Waals surface area contributed by atoms with Gasteiger partial charge >= 0.3 is 0 Å². The van der Waals surface area contributed by atoms with Crippen molar-refractivity contribution in [1.82, 2.24) is 31.9 Å². The van der Waals surface area contributed by atoms with Gasteiger partial charge in [0.1, 0.15) is 0 Å². The average Bonchev–Trinajstić information content (AvgIpc) is 2.84. The van der Waals surface area contributed by atoms with Crippen LogP contribution in [-0.4, -0.2) is 90.4 Å². The van der Waals surface area contributed by atoms with Crippen LogP contribution in [0.15, 0.2) is 0 Å². The summed E-state index contributed by atoms with van der Waals surface area (Å²) in [6, 6.07) is 0. The summed E-state index contributed by atoms with van der Waals surface area (Å²) in [5.74, 6) is -0.115. The van der Waals surface area contributed by atoms with Crippen LogP contribution in [0.1, 0.15) is 64.2 Å². The summed E-state index contributed by atoms with van der Waals surface area (Å²) in [5.41, 5.74) is 10.9. The van der Waals surface area contributed by atoms with Crippen molar-refractivity contribution >= 4 is 11.8 Å². The second-order valence-corrected chi connectivity index (χ2v) is 8.61. The molecule has 0 aliphatic heterocycles. The van der Waals surface area contributed by atoms with Crippen molar-refractivity contribution in [3.05, 3.63) is 0 Å². The molecule has 10 heteroatoms. The third-order valence-electron chi connectivity index (χ3n) is 5.31. The largest absolute Gasteiger partial charge is 0.356 e. The fourth-order valence-corrected chi connectivity index (χ4v) is 3.24. The summed E-state index contributed by atoms with van der Waals surface area (Å²) in [7, 11) is 0. The molecule has 0 saturated heterocycles. The molecule has 34 heavy (non-hydrogen) atoms. The van der Waals surface area contributed by atoms with Crippen molar-refractivity contribution in [2.75, 3.05) is 78.5 Å². The number of carbonyl (C=O) groups excluding carboxylic acids is 2. The molecule has 0 bridgehead atoms. The van der Waals surface area contributed by atoms with E-state index in [4.69, 9.17) is 11.5 Å². The number of rotatable bonds is 27. The number of unbranched alkanes of at least 4 members (excludes halogenated alkanes) is 2. The maximum atomic E-state index is 11.9. The Hall–Kier alpha value is -1.30. The molecular weight excluding hydrogens is 432 g/mol. The van der Waals surface area contributed by atoms with Crippen LogP contribution in [0.2, 0.25) is 0 Å². The molecule has 0 aromatic heterocycles. The molecule has 10 nitrogen and oxygen atoms in total. The Bertz CT molecular complexity index is 415. The number of hydrogen-bond donors (Lipinski definition) is 8. The van der Waals surface area contributed by atoms with Crippen LogP contribution in [-0.2, 0) is 9.59 Å². The summed E-state index contributed by atoms with van der Waals surface area (Å²) in [6.07, 6.45) is 8.92. The van der Waals surface area contributed by atoms with Crippen molar-refractivity contribution in [2.24, 2.45) is 11.5 Å². The number of carbonyl (C=O) groups is 2. The van der Waals surface area contributed by atoms with E-state index in [1.54, 1.807) is 0 Å². The fourth-order valence-electron chi connectivity index (χ4n) is 3.24. The van der Waals surface area contributed by atoms with Crippen LogP contribution >= 0.6 is 0 Å². The molecule has 0 radical (unpaired) electrons. The normalized spacial score (nSPS) is 11.0. The molecule has 0 spiro atoms. The Morgan fingerprint density at radius 2 is 0.706 bits per heavy atom. The third kappa shape index (κ3) is 26.9. The van der Waals surface area contributed by atoms with E-state index >= 15 is 0 Å². The first-order valence-electron chi connectivity index (χ1n) is 13.5. The number of hydrogen-bond acceptors (Lipinski definition) is 8. The molecule has 0 atom stereocenters. The van der Waals surface area contributed by atoms with Crippen LogP contribution < -0.4 is 43.4 Å². The maximum absolute atomic E-state index is 11.9. The standard InChI is InChI=1S/C24H54N8O2/c25-11-5-17-27-13-1-3-15-29-19-7-21-31-23(33)9-10-24(34)32-22-8-20-30-16-4-2-14-28-18-6-12-26/h27-30H,1-22,25-26H2,(H,31,33)(H,32,34). The summed E-state index contributed by atoms with van der Waals surface area (Å²) in [5, 5.41) is 19.3. The molecule has 0 aliphatic rings. The Morgan fingerprint density at radius 3 is 1.03 bits per heavy atom. The van der Waals surface area contributed by atoms with Crippen molar-refractivity contribution in [2.45, 2.75) is 64.2 Å². The zero-order valence-corrected chi connectivity index (χ0v) is 21.5. The number of nitrogens with one attached hydrogen (secondary N) is 6. The highest BCUT2D eigenvalue weighted by atomic mass is 16.2. The molecule has 0 rings (SSSR count). The van der Waals surface area contributed by atoms with E-state index in [1.807, 2.05) is 0 Å². The van der Waals surface area contributed by atoms with E-state index in [-0.39, 0.29) is 24.7 Å². The zero-order valence-electron chi connectivity index (χ0n) is 21.5. The SMILES string of the molecule is NCCCNCCCCNCCCNC(=O)CCC(=O)NCCCNCCCCNCCCN. The first-order chi connectivity index (χ1) is 16.7. The summed E-state index contributed by atoms with van der Waals surface area (Å²) in [6.45, 7) is 10.6. The van der Waals surface area contributed by atoms with Crippen LogP contribution in [0.25, 0.3) is 0 Å². The van der Waals surface area contributed by atoms with Gasteiger partial charge in [0.15, 0.2) is 0 Å². The quantitative estimate of drug-likeness (QED) is 0.0715. The molecule has 0 saturated carbocycles. The predicted octanol–water partition coefficient (Wildman–Crippen LogP) is -0.604. The predicted molar refractivity (Wildman–Crippen MR) is 142 cm³/mol. The minimum absolute atomic E-state index is 0.0575. The molecule has 0 unspecified atom stereocenters. The Kier molecular flexibility index (Phi) is 26.9. The lowest BCUT2D eigenvalue weighted by molar-refractivity contribution is -0.126. The van der Waals surface area contributed by atoms with E-state index in [2.05, 4.69) is 31.9 Å². The number of amides is 2. The van der Waals surface area contributed by atoms with E-state index in [0.29, 0.717) is 13.1 Å². The van der Waals surface area contributed by atoms with Crippen LogP contribution in [0.3, 0.4) is 0 Å². The smallest absolute Gasteiger partial charge is 0.220 e. The molecule has 0 aliphatic carbocycles. The van der Waals surface area contributed by atoms with Gasteiger partial charge < -0.3 is 43.4 Å². The van der Waals surface area contributed by atoms with E-state index < -0.39 is 0 Å². The minimum atomic E-state index is -0.0575. The van der Waals surface area contributed by atoms with Gasteiger partial charge in [-0.25, -0.2) is 0 Å². The van der Waals surface area contributed by atoms with E-state index in [1.165, 1.54) is 0 Å². The Labute approximate surface area is 207 Å².